The van der Waals surface area contributed by atoms with Gasteiger partial charge in [-0.2, -0.15) is 0 Å². The third-order valence-corrected chi connectivity index (χ3v) is 1.56. The molecule has 1 aromatic rings. The summed E-state index contributed by atoms with van der Waals surface area (Å²) in [6, 6.07) is 1.64. The molecule has 0 atom stereocenters. The Balaban J connectivity index is 2.50. The van der Waals surface area contributed by atoms with Gasteiger partial charge in [0.1, 0.15) is 6.26 Å². The van der Waals surface area contributed by atoms with E-state index in [1.54, 1.807) is 12.3 Å². The smallest absolute Gasteiger partial charge is 0.190 e. The van der Waals surface area contributed by atoms with Crippen LogP contribution in [0.3, 0.4) is 0 Å². The molecule has 1 N–H and O–H groups in total. The van der Waals surface area contributed by atoms with Crippen molar-refractivity contribution in [3.05, 3.63) is 36.4 Å². The minimum atomic E-state index is -0.0597. The van der Waals surface area contributed by atoms with Crippen LogP contribution in [0.5, 0.6) is 0 Å². The van der Waals surface area contributed by atoms with Gasteiger partial charge >= 0.3 is 0 Å². The normalized spacial score (nSPS) is 11.9. The van der Waals surface area contributed by atoms with E-state index in [0.29, 0.717) is 5.56 Å². The van der Waals surface area contributed by atoms with Gasteiger partial charge in [-0.1, -0.05) is 0 Å². The molecule has 0 fully saturated rings. The highest BCUT2D eigenvalue weighted by Gasteiger charge is 2.06. The van der Waals surface area contributed by atoms with Gasteiger partial charge in [0.25, 0.3) is 0 Å². The van der Waals surface area contributed by atoms with Gasteiger partial charge in [0, 0.05) is 17.8 Å². The Kier molecular flexibility index (Phi) is 3.12. The van der Waals surface area contributed by atoms with Crippen molar-refractivity contribution < 1.29 is 9.21 Å². The van der Waals surface area contributed by atoms with Gasteiger partial charge in [0.05, 0.1) is 11.8 Å². The van der Waals surface area contributed by atoms with Crippen LogP contribution in [0.2, 0.25) is 0 Å². The summed E-state index contributed by atoms with van der Waals surface area (Å²) < 4.78 is 4.81. The molecule has 3 nitrogen and oxygen atoms in total. The van der Waals surface area contributed by atoms with Gasteiger partial charge in [-0.15, -0.1) is 0 Å². The molecule has 0 aliphatic rings. The fourth-order valence-corrected chi connectivity index (χ4v) is 0.868. The molecule has 0 aromatic carbocycles. The molecule has 0 saturated carbocycles. The molecule has 3 heteroatoms. The molecular weight excluding hydrogens is 178 g/mol. The second-order valence-corrected chi connectivity index (χ2v) is 4.10. The highest BCUT2D eigenvalue weighted by atomic mass is 16.3. The number of rotatable bonds is 3. The van der Waals surface area contributed by atoms with Crippen LogP contribution in [-0.2, 0) is 0 Å². The maximum absolute atomic E-state index is 11.4. The summed E-state index contributed by atoms with van der Waals surface area (Å²) >= 11 is 0. The van der Waals surface area contributed by atoms with Crippen molar-refractivity contribution in [2.45, 2.75) is 26.3 Å². The van der Waals surface area contributed by atoms with Crippen molar-refractivity contribution in [2.75, 3.05) is 0 Å². The molecule has 0 bridgehead atoms. The first-order valence-electron chi connectivity index (χ1n) is 4.50. The highest BCUT2D eigenvalue weighted by molar-refractivity contribution is 6.04. The predicted octanol–water partition coefficient (Wildman–Crippen LogP) is 2.36. The number of carbonyl (C=O) groups excluding carboxylic acids is 1. The van der Waals surface area contributed by atoms with Crippen LogP contribution in [0.25, 0.3) is 0 Å². The van der Waals surface area contributed by atoms with Gasteiger partial charge in [-0.25, -0.2) is 0 Å². The summed E-state index contributed by atoms with van der Waals surface area (Å²) in [5.41, 5.74) is 0.546. The number of allylic oxidation sites excluding steroid dienone is 1. The number of hydrogen-bond acceptors (Lipinski definition) is 3. The van der Waals surface area contributed by atoms with Crippen molar-refractivity contribution in [1.82, 2.24) is 5.32 Å². The van der Waals surface area contributed by atoms with E-state index >= 15 is 0 Å². The Morgan fingerprint density at radius 2 is 2.21 bits per heavy atom. The van der Waals surface area contributed by atoms with E-state index in [0.717, 1.165) is 0 Å². The van der Waals surface area contributed by atoms with Crippen LogP contribution in [0, 0.1) is 0 Å². The zero-order valence-electron chi connectivity index (χ0n) is 8.70. The topological polar surface area (TPSA) is 42.2 Å². The SMILES string of the molecule is CC(C)(C)N/C=C\C(=O)c1ccoc1. The minimum Gasteiger partial charge on any atom is -0.472 e. The summed E-state index contributed by atoms with van der Waals surface area (Å²) in [4.78, 5) is 11.4. The maximum Gasteiger partial charge on any atom is 0.190 e. The molecule has 0 aliphatic carbocycles. The average molecular weight is 193 g/mol. The zero-order valence-corrected chi connectivity index (χ0v) is 8.70. The van der Waals surface area contributed by atoms with Crippen LogP contribution in [-0.4, -0.2) is 11.3 Å². The molecule has 76 valence electrons. The molecule has 14 heavy (non-hydrogen) atoms. The molecule has 1 rings (SSSR count). The number of furan rings is 1. The molecule has 0 unspecified atom stereocenters. The van der Waals surface area contributed by atoms with E-state index < -0.39 is 0 Å². The standard InChI is InChI=1S/C11H15NO2/c1-11(2,3)12-6-4-10(13)9-5-7-14-8-9/h4-8,12H,1-3H3/b6-4-. The Labute approximate surface area is 83.8 Å². The van der Waals surface area contributed by atoms with Gasteiger partial charge in [0.2, 0.25) is 0 Å². The first kappa shape index (κ1) is 10.6. The fourth-order valence-electron chi connectivity index (χ4n) is 0.868. The summed E-state index contributed by atoms with van der Waals surface area (Å²) in [5.74, 6) is -0.0597. The molecule has 0 amide bonds. The van der Waals surface area contributed by atoms with Crippen LogP contribution in [0.15, 0.2) is 35.3 Å². The zero-order chi connectivity index (χ0) is 10.6. The Bertz CT molecular complexity index is 318. The van der Waals surface area contributed by atoms with E-state index in [-0.39, 0.29) is 11.3 Å². The number of hydrogen-bond donors (Lipinski definition) is 1. The Morgan fingerprint density at radius 1 is 1.50 bits per heavy atom. The highest BCUT2D eigenvalue weighted by Crippen LogP contribution is 2.02. The summed E-state index contributed by atoms with van der Waals surface area (Å²) in [5, 5.41) is 3.08. The van der Waals surface area contributed by atoms with Crippen LogP contribution >= 0.6 is 0 Å². The van der Waals surface area contributed by atoms with E-state index in [2.05, 4.69) is 5.32 Å². The third kappa shape index (κ3) is 3.47. The maximum atomic E-state index is 11.4. The summed E-state index contributed by atoms with van der Waals surface area (Å²) in [6.07, 6.45) is 6.08. The number of nitrogens with one attached hydrogen (secondary N) is 1. The van der Waals surface area contributed by atoms with Gasteiger partial charge in [0.15, 0.2) is 5.78 Å². The quantitative estimate of drug-likeness (QED) is 0.592. The second-order valence-electron chi connectivity index (χ2n) is 4.10. The fraction of sp³-hybridized carbons (Fsp3) is 0.364. The van der Waals surface area contributed by atoms with Crippen LogP contribution in [0.4, 0.5) is 0 Å². The largest absolute Gasteiger partial charge is 0.472 e. The molecule has 0 spiro atoms. The summed E-state index contributed by atoms with van der Waals surface area (Å²) in [7, 11) is 0. The van der Waals surface area contributed by atoms with Crippen molar-refractivity contribution in [1.29, 1.82) is 0 Å². The van der Waals surface area contributed by atoms with E-state index in [1.165, 1.54) is 18.6 Å². The Morgan fingerprint density at radius 3 is 2.71 bits per heavy atom. The Hall–Kier alpha value is -1.51. The van der Waals surface area contributed by atoms with Gasteiger partial charge in [-0.05, 0) is 26.8 Å². The van der Waals surface area contributed by atoms with E-state index in [4.69, 9.17) is 4.42 Å². The van der Waals surface area contributed by atoms with Crippen molar-refractivity contribution in [3.8, 4) is 0 Å². The lowest BCUT2D eigenvalue weighted by Crippen LogP contribution is -2.31. The first-order chi connectivity index (χ1) is 6.49. The molecule has 1 aromatic heterocycles. The van der Waals surface area contributed by atoms with Crippen molar-refractivity contribution >= 4 is 5.78 Å². The van der Waals surface area contributed by atoms with Crippen molar-refractivity contribution in [3.63, 3.8) is 0 Å². The van der Waals surface area contributed by atoms with E-state index in [9.17, 15) is 4.79 Å². The third-order valence-electron chi connectivity index (χ3n) is 1.56. The van der Waals surface area contributed by atoms with Gasteiger partial charge in [-0.3, -0.25) is 4.79 Å². The molecule has 0 saturated heterocycles. The lowest BCUT2D eigenvalue weighted by molar-refractivity contribution is 0.104. The summed E-state index contributed by atoms with van der Waals surface area (Å²) in [6.45, 7) is 6.08. The molecule has 0 aliphatic heterocycles. The van der Waals surface area contributed by atoms with Crippen LogP contribution in [0.1, 0.15) is 31.1 Å². The average Bonchev–Trinajstić information content (AvgIpc) is 2.53. The predicted molar refractivity (Wildman–Crippen MR) is 55.1 cm³/mol. The monoisotopic (exact) mass is 193 g/mol. The van der Waals surface area contributed by atoms with Crippen molar-refractivity contribution in [2.24, 2.45) is 0 Å². The van der Waals surface area contributed by atoms with E-state index in [1.807, 2.05) is 20.8 Å². The lowest BCUT2D eigenvalue weighted by atomic mass is 10.1. The number of ketones is 1. The lowest BCUT2D eigenvalue weighted by Gasteiger charge is -2.18. The second kappa shape index (κ2) is 4.13. The first-order valence-corrected chi connectivity index (χ1v) is 4.50. The molecule has 0 radical (unpaired) electrons. The minimum absolute atomic E-state index is 0.0207. The number of carbonyl (C=O) groups is 1. The van der Waals surface area contributed by atoms with Crippen LogP contribution < -0.4 is 5.32 Å². The molecular formula is C11H15NO2. The molecule has 1 heterocycles. The van der Waals surface area contributed by atoms with Gasteiger partial charge < -0.3 is 9.73 Å².